The zero-order valence-electron chi connectivity index (χ0n) is 12.0. The summed E-state index contributed by atoms with van der Waals surface area (Å²) >= 11 is 0. The van der Waals surface area contributed by atoms with Gasteiger partial charge in [0.05, 0.1) is 11.4 Å². The van der Waals surface area contributed by atoms with E-state index in [1.807, 2.05) is 0 Å². The van der Waals surface area contributed by atoms with E-state index in [1.165, 1.54) is 59.1 Å². The fourth-order valence-electron chi connectivity index (χ4n) is 3.64. The lowest BCUT2D eigenvalue weighted by molar-refractivity contribution is 0.687. The van der Waals surface area contributed by atoms with Gasteiger partial charge in [0.15, 0.2) is 0 Å². The molecular formula is C18H20N2. The molecule has 0 saturated heterocycles. The fourth-order valence-corrected chi connectivity index (χ4v) is 3.64. The van der Waals surface area contributed by atoms with Gasteiger partial charge >= 0.3 is 0 Å². The summed E-state index contributed by atoms with van der Waals surface area (Å²) in [6.07, 6.45) is 6.14. The normalized spacial score (nSPS) is 19.1. The van der Waals surface area contributed by atoms with Gasteiger partial charge in [0.1, 0.15) is 0 Å². The van der Waals surface area contributed by atoms with E-state index in [-0.39, 0.29) is 0 Å². The van der Waals surface area contributed by atoms with Crippen LogP contribution in [0, 0.1) is 0 Å². The Balaban J connectivity index is 1.90. The molecule has 20 heavy (non-hydrogen) atoms. The Bertz CT molecular complexity index is 731. The molecular weight excluding hydrogens is 244 g/mol. The highest BCUT2D eigenvalue weighted by Crippen LogP contribution is 2.33. The van der Waals surface area contributed by atoms with Crippen molar-refractivity contribution in [3.8, 4) is 0 Å². The maximum atomic E-state index is 4.87. The van der Waals surface area contributed by atoms with Gasteiger partial charge in [0.25, 0.3) is 0 Å². The summed E-state index contributed by atoms with van der Waals surface area (Å²) in [5.41, 5.74) is 8.30. The molecule has 2 heterocycles. The van der Waals surface area contributed by atoms with E-state index in [0.717, 1.165) is 13.0 Å². The standard InChI is InChI=1S/C18H20N2/c1-12-6-2-3-7-13(12)17-18-15(10-11-19-17)14-8-4-5-9-16(14)20-18/h4-5,8-9,20H,2-3,6-7,10-11H2,1H3. The predicted molar refractivity (Wildman–Crippen MR) is 84.6 cm³/mol. The van der Waals surface area contributed by atoms with Gasteiger partial charge in [-0.2, -0.15) is 0 Å². The first-order chi connectivity index (χ1) is 9.84. The Labute approximate surface area is 119 Å². The Morgan fingerprint density at radius 1 is 1.05 bits per heavy atom. The third-order valence-corrected chi connectivity index (χ3v) is 4.71. The first-order valence-electron chi connectivity index (χ1n) is 7.68. The van der Waals surface area contributed by atoms with Gasteiger partial charge < -0.3 is 4.98 Å². The van der Waals surface area contributed by atoms with E-state index in [9.17, 15) is 0 Å². The van der Waals surface area contributed by atoms with Gasteiger partial charge in [-0.1, -0.05) is 23.8 Å². The molecule has 0 fully saturated rings. The van der Waals surface area contributed by atoms with Crippen LogP contribution in [-0.2, 0) is 6.42 Å². The third-order valence-electron chi connectivity index (χ3n) is 4.71. The number of aromatic amines is 1. The number of hydrogen-bond donors (Lipinski definition) is 1. The van der Waals surface area contributed by atoms with Crippen molar-refractivity contribution in [2.45, 2.75) is 39.0 Å². The average molecular weight is 264 g/mol. The molecule has 0 amide bonds. The highest BCUT2D eigenvalue weighted by molar-refractivity contribution is 6.16. The van der Waals surface area contributed by atoms with Gasteiger partial charge in [-0.25, -0.2) is 0 Å². The molecule has 1 N–H and O–H groups in total. The van der Waals surface area contributed by atoms with Crippen LogP contribution in [0.3, 0.4) is 0 Å². The van der Waals surface area contributed by atoms with Crippen molar-refractivity contribution in [2.24, 2.45) is 4.99 Å². The minimum Gasteiger partial charge on any atom is -0.353 e. The van der Waals surface area contributed by atoms with E-state index >= 15 is 0 Å². The van der Waals surface area contributed by atoms with E-state index in [0.29, 0.717) is 0 Å². The van der Waals surface area contributed by atoms with Gasteiger partial charge in [-0.05, 0) is 56.2 Å². The molecule has 0 spiro atoms. The number of aliphatic imine (C=N–C) groups is 1. The van der Waals surface area contributed by atoms with Gasteiger partial charge in [0.2, 0.25) is 0 Å². The van der Waals surface area contributed by atoms with Crippen molar-refractivity contribution < 1.29 is 0 Å². The molecule has 4 rings (SSSR count). The number of allylic oxidation sites excluding steroid dienone is 2. The fraction of sp³-hybridized carbons (Fsp3) is 0.389. The molecule has 0 atom stereocenters. The molecule has 0 unspecified atom stereocenters. The van der Waals surface area contributed by atoms with Crippen LogP contribution >= 0.6 is 0 Å². The minimum atomic E-state index is 0.932. The lowest BCUT2D eigenvalue weighted by atomic mass is 9.86. The molecule has 2 heteroatoms. The van der Waals surface area contributed by atoms with Crippen LogP contribution in [0.5, 0.6) is 0 Å². The highest BCUT2D eigenvalue weighted by Gasteiger charge is 2.24. The summed E-state index contributed by atoms with van der Waals surface area (Å²) in [5.74, 6) is 0. The van der Waals surface area contributed by atoms with Crippen LogP contribution in [0.25, 0.3) is 10.9 Å². The number of aromatic nitrogens is 1. The Morgan fingerprint density at radius 3 is 2.80 bits per heavy atom. The number of fused-ring (bicyclic) bond motifs is 3. The molecule has 0 radical (unpaired) electrons. The SMILES string of the molecule is CC1=C(C2=NCCc3c2[nH]c2ccccc32)CCCC1. The van der Waals surface area contributed by atoms with E-state index < -0.39 is 0 Å². The van der Waals surface area contributed by atoms with Crippen molar-refractivity contribution in [1.29, 1.82) is 0 Å². The average Bonchev–Trinajstić information content (AvgIpc) is 2.86. The first kappa shape index (κ1) is 12.0. The summed E-state index contributed by atoms with van der Waals surface area (Å²) in [6, 6.07) is 8.64. The Kier molecular flexibility index (Phi) is 2.76. The van der Waals surface area contributed by atoms with Crippen molar-refractivity contribution in [2.75, 3.05) is 6.54 Å². The molecule has 1 aromatic heterocycles. The number of nitrogens with zero attached hydrogens (tertiary/aromatic N) is 1. The van der Waals surface area contributed by atoms with E-state index in [1.54, 1.807) is 5.57 Å². The highest BCUT2D eigenvalue weighted by atomic mass is 14.8. The monoisotopic (exact) mass is 264 g/mol. The van der Waals surface area contributed by atoms with Crippen molar-refractivity contribution in [3.63, 3.8) is 0 Å². The van der Waals surface area contributed by atoms with Gasteiger partial charge in [0, 0.05) is 17.4 Å². The number of hydrogen-bond acceptors (Lipinski definition) is 1. The molecule has 102 valence electrons. The topological polar surface area (TPSA) is 28.1 Å². The van der Waals surface area contributed by atoms with E-state index in [2.05, 4.69) is 36.2 Å². The van der Waals surface area contributed by atoms with Crippen molar-refractivity contribution in [3.05, 3.63) is 46.7 Å². The van der Waals surface area contributed by atoms with Gasteiger partial charge in [-0.15, -0.1) is 0 Å². The van der Waals surface area contributed by atoms with Crippen LogP contribution in [0.4, 0.5) is 0 Å². The number of rotatable bonds is 1. The summed E-state index contributed by atoms with van der Waals surface area (Å²) in [6.45, 7) is 3.22. The molecule has 1 aliphatic carbocycles. The third kappa shape index (κ3) is 1.75. The number of nitrogens with one attached hydrogen (secondary N) is 1. The maximum absolute atomic E-state index is 4.87. The van der Waals surface area contributed by atoms with E-state index in [4.69, 9.17) is 4.99 Å². The number of benzene rings is 1. The van der Waals surface area contributed by atoms with Crippen LogP contribution in [0.1, 0.15) is 43.9 Å². The molecule has 0 bridgehead atoms. The summed E-state index contributed by atoms with van der Waals surface area (Å²) in [4.78, 5) is 8.49. The lowest BCUT2D eigenvalue weighted by Gasteiger charge is -2.22. The Hall–Kier alpha value is -1.83. The summed E-state index contributed by atoms with van der Waals surface area (Å²) in [5, 5.41) is 1.38. The lowest BCUT2D eigenvalue weighted by Crippen LogP contribution is -2.17. The second kappa shape index (κ2) is 4.62. The second-order valence-electron chi connectivity index (χ2n) is 5.97. The maximum Gasteiger partial charge on any atom is 0.0843 e. The molecule has 2 nitrogen and oxygen atoms in total. The number of H-pyrrole nitrogens is 1. The van der Waals surface area contributed by atoms with Crippen LogP contribution in [0.15, 0.2) is 40.4 Å². The summed E-state index contributed by atoms with van der Waals surface area (Å²) < 4.78 is 0. The second-order valence-corrected chi connectivity index (χ2v) is 5.97. The quantitative estimate of drug-likeness (QED) is 0.790. The van der Waals surface area contributed by atoms with Crippen LogP contribution < -0.4 is 0 Å². The molecule has 2 aliphatic rings. The van der Waals surface area contributed by atoms with Crippen molar-refractivity contribution >= 4 is 16.6 Å². The minimum absolute atomic E-state index is 0.932. The van der Waals surface area contributed by atoms with Gasteiger partial charge in [-0.3, -0.25) is 4.99 Å². The molecule has 1 aliphatic heterocycles. The number of para-hydroxylation sites is 1. The molecule has 1 aromatic carbocycles. The van der Waals surface area contributed by atoms with Crippen LogP contribution in [0.2, 0.25) is 0 Å². The summed E-state index contributed by atoms with van der Waals surface area (Å²) in [7, 11) is 0. The predicted octanol–water partition coefficient (Wildman–Crippen LogP) is 4.40. The largest absolute Gasteiger partial charge is 0.353 e. The smallest absolute Gasteiger partial charge is 0.0843 e. The molecule has 0 saturated carbocycles. The van der Waals surface area contributed by atoms with Crippen LogP contribution in [-0.4, -0.2) is 17.2 Å². The first-order valence-corrected chi connectivity index (χ1v) is 7.68. The molecule has 2 aromatic rings. The zero-order valence-corrected chi connectivity index (χ0v) is 12.0. The Morgan fingerprint density at radius 2 is 1.90 bits per heavy atom. The zero-order chi connectivity index (χ0) is 13.5. The van der Waals surface area contributed by atoms with Crippen molar-refractivity contribution in [1.82, 2.24) is 4.98 Å².